The minimum Gasteiger partial charge on any atom is -0.493 e. The Morgan fingerprint density at radius 2 is 2.06 bits per heavy atom. The van der Waals surface area contributed by atoms with Crippen LogP contribution in [-0.2, 0) is 4.79 Å². The Balaban J connectivity index is 1.55. The number of fused-ring (bicyclic) bond motifs is 2. The number of hydrogen-bond donors (Lipinski definition) is 1. The number of nitrogens with one attached hydrogen (secondary N) is 1. The van der Waals surface area contributed by atoms with Gasteiger partial charge in [-0.25, -0.2) is 13.9 Å². The van der Waals surface area contributed by atoms with Gasteiger partial charge in [-0.15, -0.1) is 0 Å². The molecule has 0 spiro atoms. The number of pyridine rings is 2. The smallest absolute Gasteiger partial charge is 0.222 e. The van der Waals surface area contributed by atoms with E-state index in [4.69, 9.17) is 4.74 Å². The number of likely N-dealkylation sites (tertiary alicyclic amines) is 1. The van der Waals surface area contributed by atoms with Crippen LogP contribution in [0.2, 0.25) is 0 Å². The molecule has 1 amide bonds. The Labute approximate surface area is 203 Å². The highest BCUT2D eigenvalue weighted by molar-refractivity contribution is 5.92. The van der Waals surface area contributed by atoms with E-state index in [2.05, 4.69) is 33.9 Å². The maximum atomic E-state index is 16.1. The Kier molecular flexibility index (Phi) is 6.17. The molecule has 1 saturated heterocycles. The summed E-state index contributed by atoms with van der Waals surface area (Å²) in [5.74, 6) is 0.578. The summed E-state index contributed by atoms with van der Waals surface area (Å²) in [5.41, 5.74) is 4.34. The average Bonchev–Trinajstić information content (AvgIpc) is 3.49. The summed E-state index contributed by atoms with van der Waals surface area (Å²) in [6.07, 6.45) is 7.94. The van der Waals surface area contributed by atoms with Crippen molar-refractivity contribution in [2.45, 2.75) is 58.3 Å². The molecule has 8 nitrogen and oxygen atoms in total. The first-order chi connectivity index (χ1) is 16.9. The molecule has 0 bridgehead atoms. The minimum absolute atomic E-state index is 0.00460. The number of rotatable bonds is 6. The predicted molar refractivity (Wildman–Crippen MR) is 132 cm³/mol. The first-order valence-electron chi connectivity index (χ1n) is 12.3. The normalized spacial score (nSPS) is 15.0. The van der Waals surface area contributed by atoms with Crippen molar-refractivity contribution in [2.75, 3.05) is 20.2 Å². The summed E-state index contributed by atoms with van der Waals surface area (Å²) >= 11 is 0. The number of piperidine rings is 1. The van der Waals surface area contributed by atoms with Crippen molar-refractivity contribution < 1.29 is 13.9 Å². The van der Waals surface area contributed by atoms with E-state index in [1.807, 2.05) is 24.1 Å². The molecule has 1 aliphatic rings. The lowest BCUT2D eigenvalue weighted by molar-refractivity contribution is -0.132. The molecule has 0 radical (unpaired) electrons. The molecule has 35 heavy (non-hydrogen) atoms. The van der Waals surface area contributed by atoms with Gasteiger partial charge in [-0.1, -0.05) is 20.8 Å². The molecule has 4 aromatic rings. The fourth-order valence-electron chi connectivity index (χ4n) is 5.23. The van der Waals surface area contributed by atoms with Crippen LogP contribution >= 0.6 is 0 Å². The van der Waals surface area contributed by atoms with Crippen molar-refractivity contribution in [1.82, 2.24) is 29.5 Å². The van der Waals surface area contributed by atoms with Gasteiger partial charge in [-0.2, -0.15) is 5.10 Å². The number of aromatic nitrogens is 5. The highest BCUT2D eigenvalue weighted by Crippen LogP contribution is 2.40. The fraction of sp³-hybridized carbons (Fsp3) is 0.462. The SMILES string of the molecule is CCCC(=O)N1CCC(c2ncc3[nH]c(-c4cc(OC)c5ncnn5c4)c(C(C)C)c3c2F)CC1. The third-order valence-electron chi connectivity index (χ3n) is 6.97. The van der Waals surface area contributed by atoms with E-state index in [-0.39, 0.29) is 23.6 Å². The summed E-state index contributed by atoms with van der Waals surface area (Å²) in [5, 5.41) is 4.85. The lowest BCUT2D eigenvalue weighted by Crippen LogP contribution is -2.38. The lowest BCUT2D eigenvalue weighted by Gasteiger charge is -2.32. The molecule has 4 aromatic heterocycles. The van der Waals surface area contributed by atoms with E-state index in [0.717, 1.165) is 36.1 Å². The van der Waals surface area contributed by atoms with Crippen LogP contribution < -0.4 is 4.74 Å². The molecule has 0 saturated carbocycles. The number of halogens is 1. The number of aromatic amines is 1. The van der Waals surface area contributed by atoms with E-state index in [1.54, 1.807) is 17.8 Å². The van der Waals surface area contributed by atoms with Gasteiger partial charge < -0.3 is 14.6 Å². The van der Waals surface area contributed by atoms with Gasteiger partial charge in [-0.3, -0.25) is 9.78 Å². The Bertz CT molecular complexity index is 1380. The second-order valence-corrected chi connectivity index (χ2v) is 9.54. The van der Waals surface area contributed by atoms with Crippen LogP contribution in [0.25, 0.3) is 27.8 Å². The van der Waals surface area contributed by atoms with Crippen LogP contribution in [0.1, 0.15) is 69.5 Å². The fourth-order valence-corrected chi connectivity index (χ4v) is 5.23. The standard InChI is InChI=1S/C26H31FN6O2/c1-5-6-20(34)32-9-7-16(8-10-32)25-23(27)22-18(12-28-25)31-24(21(22)15(2)3)17-11-19(35-4)26-29-14-30-33(26)13-17/h11-16,31H,5-10H2,1-4H3. The van der Waals surface area contributed by atoms with Crippen LogP contribution in [0.4, 0.5) is 4.39 Å². The van der Waals surface area contributed by atoms with Gasteiger partial charge in [0.25, 0.3) is 0 Å². The highest BCUT2D eigenvalue weighted by atomic mass is 19.1. The van der Waals surface area contributed by atoms with Crippen molar-refractivity contribution in [1.29, 1.82) is 0 Å². The molecular formula is C26H31FN6O2. The molecule has 0 atom stereocenters. The first-order valence-corrected chi connectivity index (χ1v) is 12.3. The minimum atomic E-state index is -0.263. The third-order valence-corrected chi connectivity index (χ3v) is 6.97. The number of ether oxygens (including phenoxy) is 1. The van der Waals surface area contributed by atoms with E-state index in [9.17, 15) is 4.79 Å². The second kappa shape index (κ2) is 9.28. The summed E-state index contributed by atoms with van der Waals surface area (Å²) < 4.78 is 23.3. The van der Waals surface area contributed by atoms with Crippen LogP contribution in [0, 0.1) is 5.82 Å². The van der Waals surface area contributed by atoms with E-state index in [1.165, 1.54) is 6.33 Å². The van der Waals surface area contributed by atoms with E-state index in [0.29, 0.717) is 47.5 Å². The zero-order valence-electron chi connectivity index (χ0n) is 20.6. The molecule has 0 aliphatic carbocycles. The van der Waals surface area contributed by atoms with E-state index >= 15 is 4.39 Å². The summed E-state index contributed by atoms with van der Waals surface area (Å²) in [6.45, 7) is 7.44. The quantitative estimate of drug-likeness (QED) is 0.419. The van der Waals surface area contributed by atoms with Crippen LogP contribution in [0.5, 0.6) is 5.75 Å². The molecule has 5 heterocycles. The number of hydrogen-bond acceptors (Lipinski definition) is 5. The molecule has 0 aromatic carbocycles. The highest BCUT2D eigenvalue weighted by Gasteiger charge is 2.29. The molecule has 1 N–H and O–H groups in total. The second-order valence-electron chi connectivity index (χ2n) is 9.54. The topological polar surface area (TPSA) is 88.4 Å². The van der Waals surface area contributed by atoms with Crippen LogP contribution in [0.15, 0.2) is 24.8 Å². The van der Waals surface area contributed by atoms with Gasteiger partial charge in [-0.05, 0) is 36.8 Å². The Hall–Kier alpha value is -3.49. The summed E-state index contributed by atoms with van der Waals surface area (Å²) in [4.78, 5) is 26.4. The molecular weight excluding hydrogens is 447 g/mol. The van der Waals surface area contributed by atoms with Crippen molar-refractivity contribution >= 4 is 22.5 Å². The van der Waals surface area contributed by atoms with Gasteiger partial charge in [0.1, 0.15) is 6.33 Å². The average molecular weight is 479 g/mol. The van der Waals surface area contributed by atoms with Gasteiger partial charge >= 0.3 is 0 Å². The zero-order chi connectivity index (χ0) is 24.7. The Morgan fingerprint density at radius 3 is 2.74 bits per heavy atom. The van der Waals surface area contributed by atoms with Crippen molar-refractivity contribution in [2.24, 2.45) is 0 Å². The number of carbonyl (C=O) groups is 1. The maximum Gasteiger partial charge on any atom is 0.222 e. The number of amides is 1. The number of H-pyrrole nitrogens is 1. The zero-order valence-corrected chi connectivity index (χ0v) is 20.6. The largest absolute Gasteiger partial charge is 0.493 e. The molecule has 5 rings (SSSR count). The Morgan fingerprint density at radius 1 is 1.29 bits per heavy atom. The predicted octanol–water partition coefficient (Wildman–Crippen LogP) is 5.05. The van der Waals surface area contributed by atoms with Crippen molar-refractivity contribution in [3.8, 4) is 17.0 Å². The summed E-state index contributed by atoms with van der Waals surface area (Å²) in [7, 11) is 1.60. The van der Waals surface area contributed by atoms with Crippen molar-refractivity contribution in [3.63, 3.8) is 0 Å². The van der Waals surface area contributed by atoms with Gasteiger partial charge in [0.15, 0.2) is 17.2 Å². The lowest BCUT2D eigenvalue weighted by atomic mass is 9.90. The third kappa shape index (κ3) is 4.02. The van der Waals surface area contributed by atoms with Gasteiger partial charge in [0, 0.05) is 42.6 Å². The monoisotopic (exact) mass is 478 g/mol. The molecule has 1 aliphatic heterocycles. The number of methoxy groups -OCH3 is 1. The number of nitrogens with zero attached hydrogens (tertiary/aromatic N) is 5. The molecule has 184 valence electrons. The van der Waals surface area contributed by atoms with E-state index < -0.39 is 0 Å². The van der Waals surface area contributed by atoms with Crippen LogP contribution in [0.3, 0.4) is 0 Å². The first kappa shape index (κ1) is 23.3. The van der Waals surface area contributed by atoms with Crippen LogP contribution in [-0.4, -0.2) is 55.6 Å². The summed E-state index contributed by atoms with van der Waals surface area (Å²) in [6, 6.07) is 1.90. The van der Waals surface area contributed by atoms with Crippen molar-refractivity contribution in [3.05, 3.63) is 41.9 Å². The van der Waals surface area contributed by atoms with Gasteiger partial charge in [0.05, 0.1) is 30.2 Å². The molecule has 1 fully saturated rings. The maximum absolute atomic E-state index is 16.1. The molecule has 9 heteroatoms. The van der Waals surface area contributed by atoms with Gasteiger partial charge in [0.2, 0.25) is 5.91 Å². The molecule has 0 unspecified atom stereocenters. The number of carbonyl (C=O) groups excluding carboxylic acids is 1.